The monoisotopic (exact) mass is 310 g/mol. The van der Waals surface area contributed by atoms with Gasteiger partial charge in [0.1, 0.15) is 5.78 Å². The van der Waals surface area contributed by atoms with Crippen molar-refractivity contribution in [3.63, 3.8) is 0 Å². The Hall–Kier alpha value is -1.72. The van der Waals surface area contributed by atoms with Crippen LogP contribution in [-0.4, -0.2) is 34.8 Å². The molecule has 0 bridgehead atoms. The average molecular weight is 310 g/mol. The Morgan fingerprint density at radius 3 is 2.18 bits per heavy atom. The van der Waals surface area contributed by atoms with Gasteiger partial charge >= 0.3 is 5.97 Å². The number of carbonyl (C=O) groups excluding carboxylic acids is 1. The van der Waals surface area contributed by atoms with E-state index in [1.54, 1.807) is 6.92 Å². The van der Waals surface area contributed by atoms with Crippen molar-refractivity contribution in [1.82, 2.24) is 5.32 Å². The lowest BCUT2D eigenvalue weighted by atomic mass is 9.71. The summed E-state index contributed by atoms with van der Waals surface area (Å²) >= 11 is 0. The van der Waals surface area contributed by atoms with Crippen molar-refractivity contribution in [2.75, 3.05) is 0 Å². The molecule has 2 saturated carbocycles. The van der Waals surface area contributed by atoms with Gasteiger partial charge in [-0.1, -0.05) is 6.92 Å². The molecule has 0 aromatic heterocycles. The number of Topliss-reactive ketones (excluding diaryl/α,β-unsaturated/α-hetero) is 1. The normalized spacial score (nSPS) is 31.0. The zero-order valence-electron chi connectivity index (χ0n) is 13.0. The van der Waals surface area contributed by atoms with E-state index in [4.69, 9.17) is 10.5 Å². The first kappa shape index (κ1) is 16.6. The Kier molecular flexibility index (Phi) is 4.40. The molecule has 2 aliphatic rings. The van der Waals surface area contributed by atoms with Crippen molar-refractivity contribution in [3.8, 4) is 0 Å². The molecule has 0 saturated heterocycles. The predicted molar refractivity (Wildman–Crippen MR) is 80.7 cm³/mol. The molecule has 122 valence electrons. The van der Waals surface area contributed by atoms with E-state index in [-0.39, 0.29) is 41.4 Å². The summed E-state index contributed by atoms with van der Waals surface area (Å²) in [6.45, 7) is 3.54. The molecule has 0 radical (unpaired) electrons. The first-order valence-corrected chi connectivity index (χ1v) is 7.67. The number of carboxylic acids is 1. The van der Waals surface area contributed by atoms with Crippen molar-refractivity contribution >= 4 is 18.0 Å². The van der Waals surface area contributed by atoms with Crippen LogP contribution in [0, 0.1) is 10.8 Å². The number of alkyl halides is 1. The first-order valence-electron chi connectivity index (χ1n) is 7.67. The number of ketones is 1. The fraction of sp³-hybridized carbons (Fsp3) is 0.688. The molecule has 0 aromatic rings. The smallest absolute Gasteiger partial charge is 0.339 e. The van der Waals surface area contributed by atoms with E-state index in [0.29, 0.717) is 31.9 Å². The number of hydrogen-bond donors (Lipinski definition) is 3. The molecule has 0 amide bonds. The number of halogens is 1. The molecule has 2 aliphatic carbocycles. The van der Waals surface area contributed by atoms with Crippen molar-refractivity contribution < 1.29 is 19.1 Å². The summed E-state index contributed by atoms with van der Waals surface area (Å²) in [5.74, 6) is -1.12. The topological polar surface area (TPSA) is 90.3 Å². The van der Waals surface area contributed by atoms with Crippen LogP contribution in [0.25, 0.3) is 0 Å². The quantitative estimate of drug-likeness (QED) is 0.519. The van der Waals surface area contributed by atoms with Gasteiger partial charge in [-0.2, -0.15) is 0 Å². The summed E-state index contributed by atoms with van der Waals surface area (Å²) in [6.07, 6.45) is 4.09. The van der Waals surface area contributed by atoms with Crippen LogP contribution in [0.15, 0.2) is 11.3 Å². The zero-order chi connectivity index (χ0) is 16.5. The molecule has 6 heteroatoms. The van der Waals surface area contributed by atoms with Gasteiger partial charge in [-0.3, -0.25) is 4.79 Å². The first-order chi connectivity index (χ1) is 10.2. The Balaban J connectivity index is 2.13. The van der Waals surface area contributed by atoms with Gasteiger partial charge in [0, 0.05) is 17.7 Å². The predicted octanol–water partition coefficient (Wildman–Crippen LogP) is 2.60. The molecule has 0 spiro atoms. The molecular formula is C16H23FN2O3. The Morgan fingerprint density at radius 2 is 1.82 bits per heavy atom. The number of hydrogen-bond acceptors (Lipinski definition) is 4. The summed E-state index contributed by atoms with van der Waals surface area (Å²) in [5.41, 5.74) is -2.23. The van der Waals surface area contributed by atoms with Crippen LogP contribution in [0.1, 0.15) is 52.4 Å². The largest absolute Gasteiger partial charge is 0.478 e. The van der Waals surface area contributed by atoms with E-state index in [9.17, 15) is 14.0 Å². The van der Waals surface area contributed by atoms with Crippen LogP contribution < -0.4 is 5.32 Å². The van der Waals surface area contributed by atoms with E-state index in [1.165, 1.54) is 0 Å². The minimum Gasteiger partial charge on any atom is -0.478 e. The number of carboxylic acid groups (broad SMARTS) is 1. The van der Waals surface area contributed by atoms with Gasteiger partial charge in [0.25, 0.3) is 0 Å². The van der Waals surface area contributed by atoms with Crippen LogP contribution in [0.2, 0.25) is 0 Å². The van der Waals surface area contributed by atoms with E-state index in [0.717, 1.165) is 0 Å². The highest BCUT2D eigenvalue weighted by molar-refractivity contribution is 6.08. The van der Waals surface area contributed by atoms with E-state index in [2.05, 4.69) is 5.32 Å². The van der Waals surface area contributed by atoms with E-state index in [1.807, 2.05) is 6.92 Å². The molecule has 3 N–H and O–H groups in total. The second-order valence-electron chi connectivity index (χ2n) is 6.74. The summed E-state index contributed by atoms with van der Waals surface area (Å²) in [7, 11) is 0. The maximum Gasteiger partial charge on any atom is 0.339 e. The van der Waals surface area contributed by atoms with Gasteiger partial charge in [-0.05, 0) is 45.4 Å². The van der Waals surface area contributed by atoms with E-state index >= 15 is 0 Å². The number of carbonyl (C=O) groups is 2. The summed E-state index contributed by atoms with van der Waals surface area (Å²) in [5, 5.41) is 19.4. The maximum atomic E-state index is 14.5. The van der Waals surface area contributed by atoms with Gasteiger partial charge in [0.2, 0.25) is 0 Å². The van der Waals surface area contributed by atoms with E-state index < -0.39 is 11.6 Å². The zero-order valence-corrected chi connectivity index (χ0v) is 13.0. The second-order valence-corrected chi connectivity index (χ2v) is 6.74. The van der Waals surface area contributed by atoms with Gasteiger partial charge in [-0.25, -0.2) is 9.18 Å². The highest BCUT2D eigenvalue weighted by Crippen LogP contribution is 2.47. The fourth-order valence-corrected chi connectivity index (χ4v) is 3.00. The Morgan fingerprint density at radius 1 is 1.27 bits per heavy atom. The highest BCUT2D eigenvalue weighted by atomic mass is 19.1. The molecule has 22 heavy (non-hydrogen) atoms. The fourth-order valence-electron chi connectivity index (χ4n) is 3.00. The number of allylic oxidation sites excluding steroid dienone is 1. The standard InChI is InChI=1S/C16H23FN2O3/c1-10(20)15(2)5-3-11(4-6-15)19-13(16(17)7-8-16)12(9-18)14(21)22/h9,11,18-19H,3-8H2,1-2H3,(H,21,22)/b13-12+,18-9?/t11-,15-. The average Bonchev–Trinajstić information content (AvgIpc) is 3.19. The molecule has 5 nitrogen and oxygen atoms in total. The number of rotatable bonds is 6. The van der Waals surface area contributed by atoms with Crippen molar-refractivity contribution in [2.45, 2.75) is 64.1 Å². The molecule has 0 unspecified atom stereocenters. The molecule has 0 aliphatic heterocycles. The van der Waals surface area contributed by atoms with Crippen molar-refractivity contribution in [2.24, 2.45) is 5.41 Å². The molecule has 0 heterocycles. The van der Waals surface area contributed by atoms with Gasteiger partial charge < -0.3 is 15.8 Å². The van der Waals surface area contributed by atoms with Gasteiger partial charge in [-0.15, -0.1) is 0 Å². The lowest BCUT2D eigenvalue weighted by Crippen LogP contribution is -2.41. The minimum absolute atomic E-state index is 0.0337. The maximum absolute atomic E-state index is 14.5. The van der Waals surface area contributed by atoms with Crippen LogP contribution in [-0.2, 0) is 9.59 Å². The Bertz CT molecular complexity index is 530. The summed E-state index contributed by atoms with van der Waals surface area (Å²) in [4.78, 5) is 22.9. The lowest BCUT2D eigenvalue weighted by molar-refractivity contribution is -0.132. The van der Waals surface area contributed by atoms with Crippen molar-refractivity contribution in [3.05, 3.63) is 11.3 Å². The molecule has 0 atom stereocenters. The Labute approximate surface area is 129 Å². The number of aliphatic carboxylic acids is 1. The summed E-state index contributed by atoms with van der Waals surface area (Å²) < 4.78 is 14.5. The minimum atomic E-state index is -1.63. The second kappa shape index (κ2) is 5.82. The molecular weight excluding hydrogens is 287 g/mol. The highest BCUT2D eigenvalue weighted by Gasteiger charge is 2.50. The van der Waals surface area contributed by atoms with Crippen LogP contribution in [0.5, 0.6) is 0 Å². The van der Waals surface area contributed by atoms with Gasteiger partial charge in [0.05, 0.1) is 11.3 Å². The van der Waals surface area contributed by atoms with Crippen LogP contribution >= 0.6 is 0 Å². The lowest BCUT2D eigenvalue weighted by Gasteiger charge is -2.37. The third-order valence-corrected chi connectivity index (χ3v) is 5.07. The van der Waals surface area contributed by atoms with Crippen LogP contribution in [0.4, 0.5) is 4.39 Å². The van der Waals surface area contributed by atoms with Crippen molar-refractivity contribution in [1.29, 1.82) is 5.41 Å². The number of nitrogens with one attached hydrogen (secondary N) is 2. The third kappa shape index (κ3) is 3.20. The summed E-state index contributed by atoms with van der Waals surface area (Å²) in [6, 6.07) is -0.0510. The van der Waals surface area contributed by atoms with Crippen LogP contribution in [0.3, 0.4) is 0 Å². The molecule has 0 aromatic carbocycles. The SMILES string of the molecule is CC(=O)[C@]1(C)CC[C@@H](N/C(=C(\C=N)C(=O)O)C2(F)CC2)CC1. The third-order valence-electron chi connectivity index (χ3n) is 5.07. The van der Waals surface area contributed by atoms with Gasteiger partial charge in [0.15, 0.2) is 5.67 Å². The molecule has 2 fully saturated rings. The molecule has 2 rings (SSSR count).